The molecule has 6 nitrogen and oxygen atoms in total. The summed E-state index contributed by atoms with van der Waals surface area (Å²) in [7, 11) is 1.73. The number of amides is 1. The minimum absolute atomic E-state index is 0.228. The second-order valence-corrected chi connectivity index (χ2v) is 4.18. The Morgan fingerprint density at radius 1 is 1.71 bits per heavy atom. The van der Waals surface area contributed by atoms with Crippen LogP contribution in [-0.2, 0) is 18.2 Å². The second kappa shape index (κ2) is 4.85. The van der Waals surface area contributed by atoms with E-state index >= 15 is 0 Å². The normalized spacial score (nSPS) is 23.9. The molecule has 1 aromatic heterocycles. The topological polar surface area (TPSA) is 76.4 Å². The number of hydrogen-bond acceptors (Lipinski definition) is 4. The summed E-state index contributed by atoms with van der Waals surface area (Å²) in [5.41, 5.74) is 1.38. The van der Waals surface area contributed by atoms with E-state index in [1.54, 1.807) is 17.8 Å². The van der Waals surface area contributed by atoms with Gasteiger partial charge in [-0.15, -0.1) is 0 Å². The number of carbonyl (C=O) groups excluding carboxylic acids is 1. The van der Waals surface area contributed by atoms with E-state index in [1.165, 1.54) is 0 Å². The van der Waals surface area contributed by atoms with E-state index in [2.05, 4.69) is 10.4 Å². The Morgan fingerprint density at radius 3 is 3.00 bits per heavy atom. The first-order valence-electron chi connectivity index (χ1n) is 5.71. The smallest absolute Gasteiger partial charge is 0.269 e. The van der Waals surface area contributed by atoms with E-state index in [9.17, 15) is 9.90 Å². The standard InChI is InChI=1S/C11H17N3O3/c1-3-7-4-9(14(2)13-7)11(16)12-8-5-17-6-10(8)15/h4,8,10,15H,3,5-6H2,1-2H3,(H,12,16)/t8-,10-/m1/s1. The van der Waals surface area contributed by atoms with Crippen molar-refractivity contribution < 1.29 is 14.6 Å². The lowest BCUT2D eigenvalue weighted by atomic mass is 10.2. The third kappa shape index (κ3) is 2.48. The molecule has 0 radical (unpaired) electrons. The lowest BCUT2D eigenvalue weighted by molar-refractivity contribution is 0.0877. The molecule has 0 aromatic carbocycles. The van der Waals surface area contributed by atoms with Gasteiger partial charge in [0.1, 0.15) is 5.69 Å². The average molecular weight is 239 g/mol. The predicted octanol–water partition coefficient (Wildman–Crippen LogP) is -0.528. The number of hydrogen-bond donors (Lipinski definition) is 2. The van der Waals surface area contributed by atoms with Gasteiger partial charge < -0.3 is 15.2 Å². The lowest BCUT2D eigenvalue weighted by Crippen LogP contribution is -2.43. The number of aromatic nitrogens is 2. The molecule has 0 spiro atoms. The van der Waals surface area contributed by atoms with Crippen molar-refractivity contribution in [3.63, 3.8) is 0 Å². The maximum absolute atomic E-state index is 12.0. The summed E-state index contributed by atoms with van der Waals surface area (Å²) in [5, 5.41) is 16.5. The molecule has 0 unspecified atom stereocenters. The summed E-state index contributed by atoms with van der Waals surface area (Å²) >= 11 is 0. The summed E-state index contributed by atoms with van der Waals surface area (Å²) < 4.78 is 6.63. The number of nitrogens with one attached hydrogen (secondary N) is 1. The van der Waals surface area contributed by atoms with Crippen molar-refractivity contribution in [3.8, 4) is 0 Å². The zero-order valence-electron chi connectivity index (χ0n) is 10.0. The third-order valence-corrected chi connectivity index (χ3v) is 2.89. The zero-order valence-corrected chi connectivity index (χ0v) is 10.0. The van der Waals surface area contributed by atoms with E-state index < -0.39 is 6.10 Å². The molecule has 2 N–H and O–H groups in total. The Labute approximate surface area is 99.6 Å². The van der Waals surface area contributed by atoms with E-state index in [0.29, 0.717) is 12.3 Å². The number of ether oxygens (including phenoxy) is 1. The SMILES string of the molecule is CCc1cc(C(=O)N[C@@H]2COC[C@H]2O)n(C)n1. The highest BCUT2D eigenvalue weighted by Gasteiger charge is 2.28. The first-order valence-corrected chi connectivity index (χ1v) is 5.71. The molecule has 2 heterocycles. The van der Waals surface area contributed by atoms with Gasteiger partial charge in [-0.3, -0.25) is 9.48 Å². The molecule has 2 rings (SSSR count). The molecule has 1 aromatic rings. The van der Waals surface area contributed by atoms with Gasteiger partial charge in [0.15, 0.2) is 0 Å². The fraction of sp³-hybridized carbons (Fsp3) is 0.636. The van der Waals surface area contributed by atoms with Crippen LogP contribution in [0.1, 0.15) is 23.1 Å². The molecule has 17 heavy (non-hydrogen) atoms. The summed E-state index contributed by atoms with van der Waals surface area (Å²) in [4.78, 5) is 12.0. The molecule has 6 heteroatoms. The zero-order chi connectivity index (χ0) is 12.4. The second-order valence-electron chi connectivity index (χ2n) is 4.18. The van der Waals surface area contributed by atoms with Gasteiger partial charge in [0, 0.05) is 7.05 Å². The van der Waals surface area contributed by atoms with E-state index in [-0.39, 0.29) is 18.6 Å². The third-order valence-electron chi connectivity index (χ3n) is 2.89. The largest absolute Gasteiger partial charge is 0.388 e. The molecule has 0 aliphatic carbocycles. The van der Waals surface area contributed by atoms with Crippen molar-refractivity contribution >= 4 is 5.91 Å². The predicted molar refractivity (Wildman–Crippen MR) is 60.7 cm³/mol. The summed E-state index contributed by atoms with van der Waals surface area (Å²) in [6.45, 7) is 2.61. The van der Waals surface area contributed by atoms with Crippen LogP contribution < -0.4 is 5.32 Å². The number of aliphatic hydroxyl groups is 1. The molecular formula is C11H17N3O3. The van der Waals surface area contributed by atoms with Gasteiger partial charge in [0.25, 0.3) is 5.91 Å². The minimum atomic E-state index is -0.627. The fourth-order valence-electron chi connectivity index (χ4n) is 1.84. The quantitative estimate of drug-likeness (QED) is 0.743. The molecule has 1 aliphatic heterocycles. The Kier molecular flexibility index (Phi) is 3.44. The highest BCUT2D eigenvalue weighted by Crippen LogP contribution is 2.08. The monoisotopic (exact) mass is 239 g/mol. The van der Waals surface area contributed by atoms with Crippen LogP contribution in [0.5, 0.6) is 0 Å². The van der Waals surface area contributed by atoms with Crippen molar-refractivity contribution in [3.05, 3.63) is 17.5 Å². The average Bonchev–Trinajstić information content (AvgIpc) is 2.86. The maximum Gasteiger partial charge on any atom is 0.269 e. The molecule has 2 atom stereocenters. The van der Waals surface area contributed by atoms with Gasteiger partial charge in [0.2, 0.25) is 0 Å². The Balaban J connectivity index is 2.06. The molecule has 1 saturated heterocycles. The van der Waals surface area contributed by atoms with Gasteiger partial charge in [-0.05, 0) is 12.5 Å². The van der Waals surface area contributed by atoms with Gasteiger partial charge in [-0.25, -0.2) is 0 Å². The molecule has 0 bridgehead atoms. The van der Waals surface area contributed by atoms with Crippen LogP contribution in [0.25, 0.3) is 0 Å². The Bertz CT molecular complexity index is 416. The number of aryl methyl sites for hydroxylation is 2. The van der Waals surface area contributed by atoms with Crippen LogP contribution in [0.15, 0.2) is 6.07 Å². The summed E-state index contributed by atoms with van der Waals surface area (Å²) in [5.74, 6) is -0.228. The van der Waals surface area contributed by atoms with Gasteiger partial charge in [-0.1, -0.05) is 6.92 Å². The van der Waals surface area contributed by atoms with Gasteiger partial charge >= 0.3 is 0 Å². The van der Waals surface area contributed by atoms with Crippen molar-refractivity contribution in [1.29, 1.82) is 0 Å². The summed E-state index contributed by atoms with van der Waals surface area (Å²) in [6.07, 6.45) is 0.161. The van der Waals surface area contributed by atoms with E-state index in [4.69, 9.17) is 4.74 Å². The number of rotatable bonds is 3. The van der Waals surface area contributed by atoms with Crippen molar-refractivity contribution in [1.82, 2.24) is 15.1 Å². The van der Waals surface area contributed by atoms with Crippen LogP contribution in [0.2, 0.25) is 0 Å². The van der Waals surface area contributed by atoms with Crippen molar-refractivity contribution in [2.45, 2.75) is 25.5 Å². The Morgan fingerprint density at radius 2 is 2.47 bits per heavy atom. The fourth-order valence-corrected chi connectivity index (χ4v) is 1.84. The number of nitrogens with zero attached hydrogens (tertiary/aromatic N) is 2. The number of aliphatic hydroxyl groups excluding tert-OH is 1. The highest BCUT2D eigenvalue weighted by molar-refractivity contribution is 5.92. The van der Waals surface area contributed by atoms with Crippen molar-refractivity contribution in [2.75, 3.05) is 13.2 Å². The van der Waals surface area contributed by atoms with Gasteiger partial charge in [0.05, 0.1) is 31.1 Å². The van der Waals surface area contributed by atoms with Crippen LogP contribution in [0.4, 0.5) is 0 Å². The van der Waals surface area contributed by atoms with Crippen molar-refractivity contribution in [2.24, 2.45) is 7.05 Å². The summed E-state index contributed by atoms with van der Waals surface area (Å²) in [6, 6.07) is 1.43. The Hall–Kier alpha value is -1.40. The molecular weight excluding hydrogens is 222 g/mol. The minimum Gasteiger partial charge on any atom is -0.388 e. The molecule has 1 amide bonds. The molecule has 94 valence electrons. The molecule has 1 fully saturated rings. The van der Waals surface area contributed by atoms with Crippen LogP contribution in [0, 0.1) is 0 Å². The first kappa shape index (κ1) is 12.1. The van der Waals surface area contributed by atoms with Gasteiger partial charge in [-0.2, -0.15) is 5.10 Å². The van der Waals surface area contributed by atoms with E-state index in [1.807, 2.05) is 6.92 Å². The number of carbonyl (C=O) groups is 1. The van der Waals surface area contributed by atoms with Crippen LogP contribution >= 0.6 is 0 Å². The molecule has 1 aliphatic rings. The first-order chi connectivity index (χ1) is 8.11. The van der Waals surface area contributed by atoms with Crippen LogP contribution in [0.3, 0.4) is 0 Å². The van der Waals surface area contributed by atoms with E-state index in [0.717, 1.165) is 12.1 Å². The lowest BCUT2D eigenvalue weighted by Gasteiger charge is -2.14. The maximum atomic E-state index is 12.0. The van der Waals surface area contributed by atoms with Crippen LogP contribution in [-0.4, -0.2) is 46.2 Å². The molecule has 0 saturated carbocycles. The highest BCUT2D eigenvalue weighted by atomic mass is 16.5.